The van der Waals surface area contributed by atoms with Crippen molar-refractivity contribution in [3.63, 3.8) is 0 Å². The van der Waals surface area contributed by atoms with Crippen molar-refractivity contribution in [1.29, 1.82) is 0 Å². The summed E-state index contributed by atoms with van der Waals surface area (Å²) in [6.45, 7) is 1.28. The highest BCUT2D eigenvalue weighted by Gasteiger charge is 2.31. The predicted octanol–water partition coefficient (Wildman–Crippen LogP) is 2.96. The Hall–Kier alpha value is -2.89. The highest BCUT2D eigenvalue weighted by molar-refractivity contribution is 5.94. The monoisotopic (exact) mass is 309 g/mol. The predicted molar refractivity (Wildman–Crippen MR) is 81.7 cm³/mol. The molecule has 0 N–H and O–H groups in total. The van der Waals surface area contributed by atoms with Crippen LogP contribution in [0, 0.1) is 0 Å². The Kier molecular flexibility index (Phi) is 3.42. The van der Waals surface area contributed by atoms with Crippen LogP contribution < -0.4 is 0 Å². The molecule has 4 rings (SSSR count). The van der Waals surface area contributed by atoms with Crippen LogP contribution in [0.15, 0.2) is 57.9 Å². The van der Waals surface area contributed by atoms with Crippen LogP contribution in [0.2, 0.25) is 0 Å². The van der Waals surface area contributed by atoms with E-state index in [2.05, 4.69) is 10.1 Å². The van der Waals surface area contributed by atoms with Gasteiger partial charge in [-0.2, -0.15) is 4.98 Å². The maximum atomic E-state index is 12.3. The Labute approximate surface area is 132 Å². The first kappa shape index (κ1) is 13.8. The lowest BCUT2D eigenvalue weighted by Gasteiger charge is -2.14. The van der Waals surface area contributed by atoms with Gasteiger partial charge in [-0.3, -0.25) is 4.79 Å². The van der Waals surface area contributed by atoms with Gasteiger partial charge in [0.05, 0.1) is 11.8 Å². The normalized spacial score (nSPS) is 17.6. The zero-order valence-corrected chi connectivity index (χ0v) is 12.4. The van der Waals surface area contributed by atoms with Crippen molar-refractivity contribution in [3.8, 4) is 11.5 Å². The van der Waals surface area contributed by atoms with Gasteiger partial charge in [-0.05, 0) is 24.6 Å². The van der Waals surface area contributed by atoms with E-state index in [-0.39, 0.29) is 11.8 Å². The molecule has 0 unspecified atom stereocenters. The van der Waals surface area contributed by atoms with Crippen molar-refractivity contribution in [2.75, 3.05) is 13.1 Å². The first-order chi connectivity index (χ1) is 11.3. The molecule has 1 aromatic carbocycles. The first-order valence-corrected chi connectivity index (χ1v) is 7.52. The van der Waals surface area contributed by atoms with Gasteiger partial charge in [0.15, 0.2) is 5.82 Å². The lowest BCUT2D eigenvalue weighted by molar-refractivity contribution is 0.0789. The van der Waals surface area contributed by atoms with E-state index in [4.69, 9.17) is 8.94 Å². The van der Waals surface area contributed by atoms with Gasteiger partial charge in [0.25, 0.3) is 11.8 Å². The molecular formula is C17H15N3O3. The van der Waals surface area contributed by atoms with E-state index in [0.717, 1.165) is 12.0 Å². The lowest BCUT2D eigenvalue weighted by Crippen LogP contribution is -2.28. The molecule has 23 heavy (non-hydrogen) atoms. The molecule has 6 nitrogen and oxygen atoms in total. The smallest absolute Gasteiger partial charge is 0.257 e. The Morgan fingerprint density at radius 2 is 2.09 bits per heavy atom. The van der Waals surface area contributed by atoms with Gasteiger partial charge in [-0.1, -0.05) is 23.4 Å². The van der Waals surface area contributed by atoms with Crippen molar-refractivity contribution < 1.29 is 13.7 Å². The molecular weight excluding hydrogens is 294 g/mol. The van der Waals surface area contributed by atoms with E-state index in [1.807, 2.05) is 30.3 Å². The molecule has 116 valence electrons. The molecule has 1 saturated heterocycles. The molecule has 0 bridgehead atoms. The summed E-state index contributed by atoms with van der Waals surface area (Å²) in [6.07, 6.45) is 3.81. The van der Waals surface area contributed by atoms with Crippen LogP contribution in [0.1, 0.15) is 28.5 Å². The number of furan rings is 1. The molecule has 0 saturated carbocycles. The number of benzene rings is 1. The van der Waals surface area contributed by atoms with E-state index >= 15 is 0 Å². The van der Waals surface area contributed by atoms with Crippen molar-refractivity contribution in [3.05, 3.63) is 60.3 Å². The van der Waals surface area contributed by atoms with Crippen LogP contribution in [-0.4, -0.2) is 34.0 Å². The average molecular weight is 309 g/mol. The van der Waals surface area contributed by atoms with Crippen LogP contribution in [-0.2, 0) is 0 Å². The molecule has 1 fully saturated rings. The number of hydrogen-bond donors (Lipinski definition) is 0. The molecule has 1 atom stereocenters. The molecule has 3 aromatic rings. The van der Waals surface area contributed by atoms with Crippen molar-refractivity contribution in [1.82, 2.24) is 15.0 Å². The minimum Gasteiger partial charge on any atom is -0.472 e. The Bertz CT molecular complexity index is 796. The number of aromatic nitrogens is 2. The third-order valence-corrected chi connectivity index (χ3v) is 4.07. The SMILES string of the molecule is O=C(c1ccoc1)N1CC[C@@H](c2noc(-c3ccccc3)n2)C1. The summed E-state index contributed by atoms with van der Waals surface area (Å²) in [5.41, 5.74) is 1.47. The fourth-order valence-electron chi connectivity index (χ4n) is 2.82. The van der Waals surface area contributed by atoms with Crippen LogP contribution >= 0.6 is 0 Å². The van der Waals surface area contributed by atoms with E-state index < -0.39 is 0 Å². The van der Waals surface area contributed by atoms with Crippen molar-refractivity contribution in [2.24, 2.45) is 0 Å². The molecule has 1 amide bonds. The van der Waals surface area contributed by atoms with Gasteiger partial charge in [0, 0.05) is 24.6 Å². The van der Waals surface area contributed by atoms with E-state index in [9.17, 15) is 4.79 Å². The number of carbonyl (C=O) groups excluding carboxylic acids is 1. The van der Waals surface area contributed by atoms with Crippen LogP contribution in [0.25, 0.3) is 11.5 Å². The maximum absolute atomic E-state index is 12.3. The molecule has 3 heterocycles. The first-order valence-electron chi connectivity index (χ1n) is 7.52. The lowest BCUT2D eigenvalue weighted by atomic mass is 10.1. The molecule has 0 radical (unpaired) electrons. The second-order valence-electron chi connectivity index (χ2n) is 5.57. The number of carbonyl (C=O) groups is 1. The third-order valence-electron chi connectivity index (χ3n) is 4.07. The zero-order chi connectivity index (χ0) is 15.6. The summed E-state index contributed by atoms with van der Waals surface area (Å²) in [4.78, 5) is 18.6. The maximum Gasteiger partial charge on any atom is 0.257 e. The molecule has 2 aromatic heterocycles. The van der Waals surface area contributed by atoms with E-state index in [0.29, 0.717) is 30.4 Å². The summed E-state index contributed by atoms with van der Waals surface area (Å²) in [6, 6.07) is 11.3. The average Bonchev–Trinajstić information content (AvgIpc) is 3.35. The number of hydrogen-bond acceptors (Lipinski definition) is 5. The van der Waals surface area contributed by atoms with Crippen molar-refractivity contribution in [2.45, 2.75) is 12.3 Å². The van der Waals surface area contributed by atoms with Gasteiger partial charge in [0.2, 0.25) is 0 Å². The van der Waals surface area contributed by atoms with E-state index in [1.165, 1.54) is 12.5 Å². The Balaban J connectivity index is 1.48. The highest BCUT2D eigenvalue weighted by Crippen LogP contribution is 2.28. The second-order valence-corrected chi connectivity index (χ2v) is 5.57. The third kappa shape index (κ3) is 2.63. The largest absolute Gasteiger partial charge is 0.472 e. The fraction of sp³-hybridized carbons (Fsp3) is 0.235. The van der Waals surface area contributed by atoms with Gasteiger partial charge in [0.1, 0.15) is 6.26 Å². The van der Waals surface area contributed by atoms with Gasteiger partial charge >= 0.3 is 0 Å². The van der Waals surface area contributed by atoms with Crippen LogP contribution in [0.3, 0.4) is 0 Å². The molecule has 0 spiro atoms. The highest BCUT2D eigenvalue weighted by atomic mass is 16.5. The van der Waals surface area contributed by atoms with E-state index in [1.54, 1.807) is 11.0 Å². The molecule has 1 aliphatic rings. The summed E-state index contributed by atoms with van der Waals surface area (Å²) < 4.78 is 10.3. The summed E-state index contributed by atoms with van der Waals surface area (Å²) in [7, 11) is 0. The minimum absolute atomic E-state index is 0.0203. The minimum atomic E-state index is -0.0203. The second kappa shape index (κ2) is 5.72. The standard InChI is InChI=1S/C17H15N3O3/c21-17(14-7-9-22-11-14)20-8-6-13(10-20)15-18-16(23-19-15)12-4-2-1-3-5-12/h1-5,7,9,11,13H,6,8,10H2/t13-/m1/s1. The van der Waals surface area contributed by atoms with Gasteiger partial charge in [-0.15, -0.1) is 0 Å². The summed E-state index contributed by atoms with van der Waals surface area (Å²) in [5, 5.41) is 4.09. The van der Waals surface area contributed by atoms with Crippen molar-refractivity contribution >= 4 is 5.91 Å². The Morgan fingerprint density at radius 3 is 2.87 bits per heavy atom. The molecule has 1 aliphatic heterocycles. The van der Waals surface area contributed by atoms with Crippen LogP contribution in [0.5, 0.6) is 0 Å². The molecule has 0 aliphatic carbocycles. The zero-order valence-electron chi connectivity index (χ0n) is 12.4. The Morgan fingerprint density at radius 1 is 1.22 bits per heavy atom. The fourth-order valence-corrected chi connectivity index (χ4v) is 2.82. The topological polar surface area (TPSA) is 72.4 Å². The summed E-state index contributed by atoms with van der Waals surface area (Å²) >= 11 is 0. The number of nitrogens with zero attached hydrogens (tertiary/aromatic N) is 3. The van der Waals surface area contributed by atoms with Gasteiger partial charge < -0.3 is 13.8 Å². The molecule has 6 heteroatoms. The summed E-state index contributed by atoms with van der Waals surface area (Å²) in [5.74, 6) is 1.26. The van der Waals surface area contributed by atoms with Crippen LogP contribution in [0.4, 0.5) is 0 Å². The number of rotatable bonds is 3. The number of likely N-dealkylation sites (tertiary alicyclic amines) is 1. The number of amides is 1. The quantitative estimate of drug-likeness (QED) is 0.743. The van der Waals surface area contributed by atoms with Gasteiger partial charge in [-0.25, -0.2) is 0 Å².